The number of nitrogens with zero attached hydrogens (tertiary/aromatic N) is 1. The number of hydrogen-bond donors (Lipinski definition) is 1. The summed E-state index contributed by atoms with van der Waals surface area (Å²) in [5.74, 6) is 0.960. The lowest BCUT2D eigenvalue weighted by atomic mass is 9.99. The summed E-state index contributed by atoms with van der Waals surface area (Å²) < 4.78 is 0. The second-order valence-electron chi connectivity index (χ2n) is 7.10. The maximum absolute atomic E-state index is 3.62. The van der Waals surface area contributed by atoms with Gasteiger partial charge in [-0.2, -0.15) is 0 Å². The Labute approximate surface area is 134 Å². The van der Waals surface area contributed by atoms with E-state index in [9.17, 15) is 0 Å². The number of hydrogen-bond acceptors (Lipinski definition) is 2. The van der Waals surface area contributed by atoms with Crippen molar-refractivity contribution >= 4 is 0 Å². The molecule has 1 heterocycles. The molecule has 0 aromatic heterocycles. The third kappa shape index (κ3) is 11.2. The molecule has 1 saturated heterocycles. The standard InChI is InChI=1S/C19H40N2/c1-3-4-5-6-7-8-9-10-14-20-15-11-16-21-17-12-19(2)13-18-21/h19-20H,3-18H2,1-2H3. The molecule has 0 bridgehead atoms. The molecule has 1 aliphatic heterocycles. The van der Waals surface area contributed by atoms with Crippen LogP contribution in [0, 0.1) is 5.92 Å². The van der Waals surface area contributed by atoms with Crippen molar-refractivity contribution in [1.29, 1.82) is 0 Å². The molecule has 0 atom stereocenters. The summed E-state index contributed by atoms with van der Waals surface area (Å²) in [6.07, 6.45) is 15.5. The molecule has 1 rings (SSSR count). The van der Waals surface area contributed by atoms with Crippen molar-refractivity contribution in [1.82, 2.24) is 10.2 Å². The van der Waals surface area contributed by atoms with E-state index in [1.54, 1.807) is 0 Å². The van der Waals surface area contributed by atoms with Gasteiger partial charge in [-0.1, -0.05) is 58.8 Å². The summed E-state index contributed by atoms with van der Waals surface area (Å²) in [4.78, 5) is 2.65. The van der Waals surface area contributed by atoms with Gasteiger partial charge in [-0.05, 0) is 64.3 Å². The highest BCUT2D eigenvalue weighted by molar-refractivity contribution is 4.69. The van der Waals surface area contributed by atoms with Gasteiger partial charge >= 0.3 is 0 Å². The minimum absolute atomic E-state index is 0.960. The molecule has 1 aliphatic rings. The van der Waals surface area contributed by atoms with E-state index in [-0.39, 0.29) is 0 Å². The normalized spacial score (nSPS) is 17.4. The molecule has 0 aliphatic carbocycles. The quantitative estimate of drug-likeness (QED) is 0.489. The van der Waals surface area contributed by atoms with Gasteiger partial charge in [0.2, 0.25) is 0 Å². The Hall–Kier alpha value is -0.0800. The van der Waals surface area contributed by atoms with Crippen LogP contribution in [0.15, 0.2) is 0 Å². The van der Waals surface area contributed by atoms with Crippen LogP contribution in [0.3, 0.4) is 0 Å². The Bertz CT molecular complexity index is 210. The molecule has 0 spiro atoms. The minimum atomic E-state index is 0.960. The van der Waals surface area contributed by atoms with E-state index >= 15 is 0 Å². The lowest BCUT2D eigenvalue weighted by molar-refractivity contribution is 0.190. The van der Waals surface area contributed by atoms with Crippen molar-refractivity contribution in [3.8, 4) is 0 Å². The van der Waals surface area contributed by atoms with E-state index in [0.717, 1.165) is 5.92 Å². The molecule has 1 fully saturated rings. The smallest absolute Gasteiger partial charge is 0.000664 e. The van der Waals surface area contributed by atoms with Gasteiger partial charge in [-0.15, -0.1) is 0 Å². The molecule has 0 radical (unpaired) electrons. The van der Waals surface area contributed by atoms with E-state index in [0.29, 0.717) is 0 Å². The van der Waals surface area contributed by atoms with Gasteiger partial charge in [0.25, 0.3) is 0 Å². The van der Waals surface area contributed by atoms with Gasteiger partial charge in [0.15, 0.2) is 0 Å². The lowest BCUT2D eigenvalue weighted by Gasteiger charge is -2.30. The number of piperidine rings is 1. The Morgan fingerprint density at radius 3 is 2.05 bits per heavy atom. The number of nitrogens with one attached hydrogen (secondary N) is 1. The predicted octanol–water partition coefficient (Wildman–Crippen LogP) is 4.84. The van der Waals surface area contributed by atoms with Gasteiger partial charge in [-0.25, -0.2) is 0 Å². The zero-order chi connectivity index (χ0) is 15.2. The third-order valence-corrected chi connectivity index (χ3v) is 4.91. The van der Waals surface area contributed by atoms with Crippen molar-refractivity contribution in [3.63, 3.8) is 0 Å². The topological polar surface area (TPSA) is 15.3 Å². The number of likely N-dealkylation sites (tertiary alicyclic amines) is 1. The van der Waals surface area contributed by atoms with Gasteiger partial charge < -0.3 is 10.2 Å². The molecule has 2 heteroatoms. The van der Waals surface area contributed by atoms with E-state index in [1.165, 1.54) is 103 Å². The van der Waals surface area contributed by atoms with Crippen LogP contribution in [0.5, 0.6) is 0 Å². The minimum Gasteiger partial charge on any atom is -0.317 e. The van der Waals surface area contributed by atoms with Crippen LogP contribution in [0.25, 0.3) is 0 Å². The van der Waals surface area contributed by atoms with Crippen LogP contribution in [0.2, 0.25) is 0 Å². The molecule has 21 heavy (non-hydrogen) atoms. The van der Waals surface area contributed by atoms with Crippen molar-refractivity contribution in [2.24, 2.45) is 5.92 Å². The summed E-state index contributed by atoms with van der Waals surface area (Å²) in [6, 6.07) is 0. The molecule has 1 N–H and O–H groups in total. The van der Waals surface area contributed by atoms with Crippen molar-refractivity contribution in [2.45, 2.75) is 84.5 Å². The molecule has 2 nitrogen and oxygen atoms in total. The van der Waals surface area contributed by atoms with Gasteiger partial charge in [0.05, 0.1) is 0 Å². The monoisotopic (exact) mass is 296 g/mol. The summed E-state index contributed by atoms with van der Waals surface area (Å²) in [5, 5.41) is 3.62. The van der Waals surface area contributed by atoms with Crippen molar-refractivity contribution in [3.05, 3.63) is 0 Å². The highest BCUT2D eigenvalue weighted by Crippen LogP contribution is 2.15. The SMILES string of the molecule is CCCCCCCCCCNCCCN1CCC(C)CC1. The first kappa shape index (κ1) is 19.0. The first-order valence-electron chi connectivity index (χ1n) is 9.76. The van der Waals surface area contributed by atoms with Gasteiger partial charge in [0, 0.05) is 0 Å². The first-order chi connectivity index (χ1) is 10.3. The summed E-state index contributed by atoms with van der Waals surface area (Å²) in [5.41, 5.74) is 0. The zero-order valence-electron chi connectivity index (χ0n) is 14.8. The molecular formula is C19H40N2. The molecule has 0 aromatic rings. The third-order valence-electron chi connectivity index (χ3n) is 4.91. The highest BCUT2D eigenvalue weighted by atomic mass is 15.1. The van der Waals surface area contributed by atoms with Crippen LogP contribution in [0.1, 0.15) is 84.5 Å². The van der Waals surface area contributed by atoms with Crippen LogP contribution in [0.4, 0.5) is 0 Å². The van der Waals surface area contributed by atoms with E-state index in [2.05, 4.69) is 24.1 Å². The predicted molar refractivity (Wildman–Crippen MR) is 94.9 cm³/mol. The van der Waals surface area contributed by atoms with E-state index in [1.807, 2.05) is 0 Å². The number of rotatable bonds is 13. The number of unbranched alkanes of at least 4 members (excludes halogenated alkanes) is 7. The van der Waals surface area contributed by atoms with Crippen molar-refractivity contribution < 1.29 is 0 Å². The first-order valence-corrected chi connectivity index (χ1v) is 9.76. The highest BCUT2D eigenvalue weighted by Gasteiger charge is 2.14. The average Bonchev–Trinajstić information content (AvgIpc) is 2.50. The van der Waals surface area contributed by atoms with Gasteiger partial charge in [-0.3, -0.25) is 0 Å². The fourth-order valence-corrected chi connectivity index (χ4v) is 3.22. The lowest BCUT2D eigenvalue weighted by Crippen LogP contribution is -2.34. The Balaban J connectivity index is 1.73. The van der Waals surface area contributed by atoms with Crippen molar-refractivity contribution in [2.75, 3.05) is 32.7 Å². The molecule has 0 aromatic carbocycles. The fourth-order valence-electron chi connectivity index (χ4n) is 3.22. The molecule has 126 valence electrons. The van der Waals surface area contributed by atoms with Crippen LogP contribution in [-0.4, -0.2) is 37.6 Å². The van der Waals surface area contributed by atoms with Crippen LogP contribution in [-0.2, 0) is 0 Å². The Kier molecular flexibility index (Phi) is 12.3. The maximum atomic E-state index is 3.62. The van der Waals surface area contributed by atoms with E-state index < -0.39 is 0 Å². The molecule has 0 saturated carbocycles. The van der Waals surface area contributed by atoms with E-state index in [4.69, 9.17) is 0 Å². The zero-order valence-corrected chi connectivity index (χ0v) is 14.8. The second-order valence-corrected chi connectivity index (χ2v) is 7.10. The average molecular weight is 297 g/mol. The second kappa shape index (κ2) is 13.6. The summed E-state index contributed by atoms with van der Waals surface area (Å²) >= 11 is 0. The summed E-state index contributed by atoms with van der Waals surface area (Å²) in [6.45, 7) is 11.1. The largest absolute Gasteiger partial charge is 0.317 e. The molecular weight excluding hydrogens is 256 g/mol. The van der Waals surface area contributed by atoms with Crippen LogP contribution < -0.4 is 5.32 Å². The summed E-state index contributed by atoms with van der Waals surface area (Å²) in [7, 11) is 0. The molecule has 0 amide bonds. The fraction of sp³-hybridized carbons (Fsp3) is 1.00. The Morgan fingerprint density at radius 2 is 1.38 bits per heavy atom. The van der Waals surface area contributed by atoms with Crippen LogP contribution >= 0.6 is 0 Å². The Morgan fingerprint density at radius 1 is 0.810 bits per heavy atom. The maximum Gasteiger partial charge on any atom is -0.000664 e. The van der Waals surface area contributed by atoms with Gasteiger partial charge in [0.1, 0.15) is 0 Å². The molecule has 0 unspecified atom stereocenters.